The van der Waals surface area contributed by atoms with Crippen molar-refractivity contribution in [3.8, 4) is 0 Å². The number of fused-ring (bicyclic) bond motifs is 1. The number of rotatable bonds is 6. The molecule has 0 radical (unpaired) electrons. The van der Waals surface area contributed by atoms with E-state index in [-0.39, 0.29) is 5.60 Å². The molecule has 3 heteroatoms. The highest BCUT2D eigenvalue weighted by Crippen LogP contribution is 2.55. The highest BCUT2D eigenvalue weighted by atomic mass is 16.5. The van der Waals surface area contributed by atoms with Crippen molar-refractivity contribution in [1.29, 1.82) is 0 Å². The molecule has 2 fully saturated rings. The van der Waals surface area contributed by atoms with Gasteiger partial charge in [-0.05, 0) is 63.7 Å². The van der Waals surface area contributed by atoms with Gasteiger partial charge in [0, 0.05) is 13.2 Å². The summed E-state index contributed by atoms with van der Waals surface area (Å²) in [5, 5.41) is 0. The van der Waals surface area contributed by atoms with E-state index >= 15 is 0 Å². The average molecular weight is 226 g/mol. The minimum absolute atomic E-state index is 0.0172. The van der Waals surface area contributed by atoms with Crippen LogP contribution < -0.4 is 11.3 Å². The normalized spacial score (nSPS) is 34.9. The van der Waals surface area contributed by atoms with Gasteiger partial charge in [-0.15, -0.1) is 0 Å². The molecule has 2 aliphatic rings. The third-order valence-corrected chi connectivity index (χ3v) is 4.67. The minimum Gasteiger partial charge on any atom is -0.379 e. The lowest BCUT2D eigenvalue weighted by Crippen LogP contribution is -2.41. The van der Waals surface area contributed by atoms with Crippen LogP contribution in [0.15, 0.2) is 0 Å². The second-order valence-corrected chi connectivity index (χ2v) is 6.26. The SMILES string of the molecule is COC(C)(C)CCC(NN)C1CC2CC2C1. The molecule has 0 aromatic heterocycles. The zero-order valence-corrected chi connectivity index (χ0v) is 10.8. The predicted octanol–water partition coefficient (Wildman–Crippen LogP) is 2.07. The zero-order chi connectivity index (χ0) is 11.8. The molecule has 0 aromatic rings. The van der Waals surface area contributed by atoms with Gasteiger partial charge in [0.15, 0.2) is 0 Å². The van der Waals surface area contributed by atoms with Gasteiger partial charge in [0.1, 0.15) is 0 Å². The third kappa shape index (κ3) is 2.76. The Hall–Kier alpha value is -0.120. The zero-order valence-electron chi connectivity index (χ0n) is 10.8. The van der Waals surface area contributed by atoms with E-state index in [0.717, 1.165) is 30.6 Å². The number of ether oxygens (including phenoxy) is 1. The van der Waals surface area contributed by atoms with Crippen LogP contribution in [0.25, 0.3) is 0 Å². The monoisotopic (exact) mass is 226 g/mol. The first kappa shape index (κ1) is 12.3. The van der Waals surface area contributed by atoms with E-state index < -0.39 is 0 Å². The van der Waals surface area contributed by atoms with Crippen LogP contribution in [0.3, 0.4) is 0 Å². The summed E-state index contributed by atoms with van der Waals surface area (Å²) < 4.78 is 5.46. The Kier molecular flexibility index (Phi) is 3.57. The van der Waals surface area contributed by atoms with E-state index in [1.54, 1.807) is 7.11 Å². The number of methoxy groups -OCH3 is 1. The molecule has 0 saturated heterocycles. The molecular weight excluding hydrogens is 200 g/mol. The summed E-state index contributed by atoms with van der Waals surface area (Å²) in [6.07, 6.45) is 6.48. The van der Waals surface area contributed by atoms with Crippen molar-refractivity contribution in [1.82, 2.24) is 5.43 Å². The summed E-state index contributed by atoms with van der Waals surface area (Å²) in [5.41, 5.74) is 3.01. The lowest BCUT2D eigenvalue weighted by atomic mass is 9.88. The maximum Gasteiger partial charge on any atom is 0.0623 e. The lowest BCUT2D eigenvalue weighted by Gasteiger charge is -2.29. The molecule has 0 spiro atoms. The summed E-state index contributed by atoms with van der Waals surface area (Å²) in [4.78, 5) is 0. The molecule has 2 aliphatic carbocycles. The topological polar surface area (TPSA) is 47.3 Å². The van der Waals surface area contributed by atoms with Crippen molar-refractivity contribution in [3.63, 3.8) is 0 Å². The molecule has 94 valence electrons. The average Bonchev–Trinajstić information content (AvgIpc) is 2.87. The number of hydrogen-bond acceptors (Lipinski definition) is 3. The Morgan fingerprint density at radius 3 is 2.44 bits per heavy atom. The molecule has 0 aliphatic heterocycles. The Balaban J connectivity index is 1.77. The van der Waals surface area contributed by atoms with E-state index in [9.17, 15) is 0 Å². The molecule has 2 rings (SSSR count). The maximum atomic E-state index is 5.69. The van der Waals surface area contributed by atoms with Crippen LogP contribution in [0.1, 0.15) is 46.0 Å². The van der Waals surface area contributed by atoms with Crippen LogP contribution in [-0.2, 0) is 4.74 Å². The van der Waals surface area contributed by atoms with Crippen molar-refractivity contribution in [2.75, 3.05) is 7.11 Å². The summed E-state index contributed by atoms with van der Waals surface area (Å²) in [6.45, 7) is 4.29. The Morgan fingerprint density at radius 2 is 1.94 bits per heavy atom. The third-order valence-electron chi connectivity index (χ3n) is 4.67. The van der Waals surface area contributed by atoms with Gasteiger partial charge in [0.05, 0.1) is 5.60 Å². The molecule has 3 unspecified atom stereocenters. The number of nitrogens with two attached hydrogens (primary N) is 1. The molecule has 3 atom stereocenters. The van der Waals surface area contributed by atoms with Gasteiger partial charge in [-0.25, -0.2) is 0 Å². The van der Waals surface area contributed by atoms with Crippen LogP contribution in [-0.4, -0.2) is 18.8 Å². The van der Waals surface area contributed by atoms with Crippen molar-refractivity contribution >= 4 is 0 Å². The van der Waals surface area contributed by atoms with Crippen LogP contribution in [0, 0.1) is 17.8 Å². The molecule has 2 saturated carbocycles. The summed E-state index contributed by atoms with van der Waals surface area (Å²) in [5.74, 6) is 8.58. The fourth-order valence-corrected chi connectivity index (χ4v) is 3.15. The van der Waals surface area contributed by atoms with E-state index in [4.69, 9.17) is 10.6 Å². The quantitative estimate of drug-likeness (QED) is 0.538. The molecule has 16 heavy (non-hydrogen) atoms. The first-order chi connectivity index (χ1) is 7.55. The standard InChI is InChI=1S/C13H26N2O/c1-13(2,16-3)5-4-12(15-14)11-7-9-6-10(9)8-11/h9-12,15H,4-8,14H2,1-3H3. The smallest absolute Gasteiger partial charge is 0.0623 e. The highest BCUT2D eigenvalue weighted by Gasteiger charge is 2.47. The van der Waals surface area contributed by atoms with Crippen LogP contribution in [0.4, 0.5) is 0 Å². The van der Waals surface area contributed by atoms with E-state index in [1.807, 2.05) is 0 Å². The maximum absolute atomic E-state index is 5.69. The van der Waals surface area contributed by atoms with Gasteiger partial charge in [0.2, 0.25) is 0 Å². The van der Waals surface area contributed by atoms with Gasteiger partial charge >= 0.3 is 0 Å². The van der Waals surface area contributed by atoms with Gasteiger partial charge < -0.3 is 4.74 Å². The molecule has 0 aromatic carbocycles. The fraction of sp³-hybridized carbons (Fsp3) is 1.00. The molecule has 0 bridgehead atoms. The lowest BCUT2D eigenvalue weighted by molar-refractivity contribution is 0.0101. The van der Waals surface area contributed by atoms with Crippen molar-refractivity contribution in [3.05, 3.63) is 0 Å². The number of nitrogens with one attached hydrogen (secondary N) is 1. The van der Waals surface area contributed by atoms with Crippen LogP contribution in [0.2, 0.25) is 0 Å². The Labute approximate surface area is 99.1 Å². The van der Waals surface area contributed by atoms with Gasteiger partial charge in [-0.1, -0.05) is 0 Å². The number of hydrazine groups is 1. The fourth-order valence-electron chi connectivity index (χ4n) is 3.15. The molecule has 0 amide bonds. The summed E-state index contributed by atoms with van der Waals surface area (Å²) in [7, 11) is 1.79. The second kappa shape index (κ2) is 4.63. The van der Waals surface area contributed by atoms with Gasteiger partial charge in [-0.3, -0.25) is 11.3 Å². The van der Waals surface area contributed by atoms with Crippen LogP contribution in [0.5, 0.6) is 0 Å². The molecule has 0 heterocycles. The van der Waals surface area contributed by atoms with Crippen molar-refractivity contribution < 1.29 is 4.74 Å². The summed E-state index contributed by atoms with van der Waals surface area (Å²) in [6, 6.07) is 0.488. The van der Waals surface area contributed by atoms with Crippen molar-refractivity contribution in [2.45, 2.75) is 57.6 Å². The van der Waals surface area contributed by atoms with Gasteiger partial charge in [-0.2, -0.15) is 0 Å². The minimum atomic E-state index is -0.0172. The Morgan fingerprint density at radius 1 is 1.31 bits per heavy atom. The van der Waals surface area contributed by atoms with Gasteiger partial charge in [0.25, 0.3) is 0 Å². The van der Waals surface area contributed by atoms with E-state index in [2.05, 4.69) is 19.3 Å². The molecule has 3 nitrogen and oxygen atoms in total. The predicted molar refractivity (Wildman–Crippen MR) is 65.8 cm³/mol. The van der Waals surface area contributed by atoms with E-state index in [1.165, 1.54) is 19.3 Å². The highest BCUT2D eigenvalue weighted by molar-refractivity contribution is 4.99. The second-order valence-electron chi connectivity index (χ2n) is 6.26. The molecule has 3 N–H and O–H groups in total. The van der Waals surface area contributed by atoms with Crippen LogP contribution >= 0.6 is 0 Å². The first-order valence-corrected chi connectivity index (χ1v) is 6.57. The summed E-state index contributed by atoms with van der Waals surface area (Å²) >= 11 is 0. The largest absolute Gasteiger partial charge is 0.379 e. The molecular formula is C13H26N2O. The Bertz CT molecular complexity index is 232. The van der Waals surface area contributed by atoms with Crippen molar-refractivity contribution in [2.24, 2.45) is 23.6 Å². The number of hydrogen-bond donors (Lipinski definition) is 2. The van der Waals surface area contributed by atoms with E-state index in [0.29, 0.717) is 6.04 Å². The first-order valence-electron chi connectivity index (χ1n) is 6.57.